The van der Waals surface area contributed by atoms with Crippen molar-refractivity contribution in [1.82, 2.24) is 0 Å². The third kappa shape index (κ3) is 3.05. The fourth-order valence-corrected chi connectivity index (χ4v) is 3.32. The molecule has 3 heteroatoms. The van der Waals surface area contributed by atoms with Gasteiger partial charge in [0.15, 0.2) is 0 Å². The molecule has 0 amide bonds. The van der Waals surface area contributed by atoms with Gasteiger partial charge in [0.2, 0.25) is 0 Å². The molecule has 0 radical (unpaired) electrons. The van der Waals surface area contributed by atoms with E-state index < -0.39 is 3.80 Å². The Labute approximate surface area is 119 Å². The van der Waals surface area contributed by atoms with Gasteiger partial charge in [0.25, 0.3) is 0 Å². The van der Waals surface area contributed by atoms with Crippen LogP contribution in [0.25, 0.3) is 0 Å². The predicted octanol–water partition coefficient (Wildman–Crippen LogP) is 3.26. The molecule has 0 aromatic carbocycles. The molecule has 0 N–H and O–H groups in total. The van der Waals surface area contributed by atoms with Crippen molar-refractivity contribution in [2.75, 3.05) is 0 Å². The Hall–Kier alpha value is -1.01. The van der Waals surface area contributed by atoms with Gasteiger partial charge in [-0.1, -0.05) is 0 Å². The number of carbonyl (C=O) groups is 2. The zero-order valence-corrected chi connectivity index (χ0v) is 13.0. The van der Waals surface area contributed by atoms with Crippen LogP contribution in [0.4, 0.5) is 0 Å². The molecule has 0 aromatic rings. The summed E-state index contributed by atoms with van der Waals surface area (Å²) in [6.07, 6.45) is 7.16. The van der Waals surface area contributed by atoms with Gasteiger partial charge in [0.1, 0.15) is 0 Å². The van der Waals surface area contributed by atoms with E-state index in [9.17, 15) is 9.59 Å². The van der Waals surface area contributed by atoms with Crippen LogP contribution in [0.1, 0.15) is 26.7 Å². The molecule has 0 saturated carbocycles. The minimum absolute atomic E-state index is 0.204. The second-order valence-electron chi connectivity index (χ2n) is 4.60. The van der Waals surface area contributed by atoms with E-state index in [0.717, 1.165) is 12.0 Å². The maximum atomic E-state index is 12.3. The number of hydrogen-bond acceptors (Lipinski definition) is 2. The van der Waals surface area contributed by atoms with Gasteiger partial charge in [-0.15, -0.1) is 0 Å². The van der Waals surface area contributed by atoms with Gasteiger partial charge in [0.05, 0.1) is 0 Å². The van der Waals surface area contributed by atoms with Gasteiger partial charge >= 0.3 is 120 Å². The SMILES string of the molecule is C=C(C)C(=O)[C]([Pt])(CC1=CC=CC1)C(=O)C(=C)C. The molecule has 0 saturated heterocycles. The summed E-state index contributed by atoms with van der Waals surface area (Å²) in [6, 6.07) is 0. The Balaban J connectivity index is 3.08. The van der Waals surface area contributed by atoms with Gasteiger partial charge in [-0.05, 0) is 0 Å². The summed E-state index contributed by atoms with van der Waals surface area (Å²) in [7, 11) is 0. The molecule has 0 atom stereocenters. The molecule has 1 aliphatic carbocycles. The molecule has 0 aliphatic heterocycles. The van der Waals surface area contributed by atoms with E-state index in [2.05, 4.69) is 13.2 Å². The third-order valence-electron chi connectivity index (χ3n) is 2.77. The number of Topliss-reactive ketones (excluding diaryl/α,β-unsaturated/α-hetero) is 2. The number of rotatable bonds is 6. The molecule has 2 nitrogen and oxygen atoms in total. The molecule has 0 fully saturated rings. The first-order valence-electron chi connectivity index (χ1n) is 5.70. The summed E-state index contributed by atoms with van der Waals surface area (Å²) >= 11 is 1.94. The number of ketones is 2. The average molecular weight is 424 g/mol. The van der Waals surface area contributed by atoms with Crippen LogP contribution in [0.5, 0.6) is 0 Å². The van der Waals surface area contributed by atoms with Gasteiger partial charge in [-0.2, -0.15) is 0 Å². The zero-order chi connectivity index (χ0) is 13.9. The number of allylic oxidation sites excluding steroid dienone is 6. The van der Waals surface area contributed by atoms with Crippen LogP contribution < -0.4 is 0 Å². The van der Waals surface area contributed by atoms with E-state index >= 15 is 0 Å². The maximum absolute atomic E-state index is 12.3. The first-order chi connectivity index (χ1) is 8.29. The molecule has 1 rings (SSSR count). The Morgan fingerprint density at radius 3 is 2.11 bits per heavy atom. The fraction of sp³-hybridized carbons (Fsp3) is 0.333. The van der Waals surface area contributed by atoms with E-state index in [4.69, 9.17) is 0 Å². The molecule has 0 bridgehead atoms. The van der Waals surface area contributed by atoms with Crippen LogP contribution in [0.15, 0.2) is 48.1 Å². The van der Waals surface area contributed by atoms with Gasteiger partial charge in [-0.3, -0.25) is 0 Å². The molecular weight excluding hydrogens is 407 g/mol. The molecule has 0 heterocycles. The average Bonchev–Trinajstić information content (AvgIpc) is 2.78. The quantitative estimate of drug-likeness (QED) is 0.485. The molecule has 0 unspecified atom stereocenters. The van der Waals surface area contributed by atoms with E-state index in [1.165, 1.54) is 0 Å². The Morgan fingerprint density at radius 1 is 1.28 bits per heavy atom. The van der Waals surface area contributed by atoms with Crippen molar-refractivity contribution in [3.63, 3.8) is 0 Å². The van der Waals surface area contributed by atoms with E-state index in [1.54, 1.807) is 13.8 Å². The first-order valence-corrected chi connectivity index (χ1v) is 6.83. The van der Waals surface area contributed by atoms with Crippen molar-refractivity contribution in [3.8, 4) is 0 Å². The fourth-order valence-electron chi connectivity index (χ4n) is 1.84. The topological polar surface area (TPSA) is 34.1 Å². The monoisotopic (exact) mass is 424 g/mol. The molecule has 1 aliphatic rings. The summed E-state index contributed by atoms with van der Waals surface area (Å²) in [6.45, 7) is 10.6. The van der Waals surface area contributed by atoms with Gasteiger partial charge < -0.3 is 0 Å². The summed E-state index contributed by atoms with van der Waals surface area (Å²) < 4.78 is -1.09. The van der Waals surface area contributed by atoms with Crippen molar-refractivity contribution >= 4 is 11.6 Å². The Kier molecular flexibility index (Phi) is 4.81. The minimum atomic E-state index is -1.09. The summed E-state index contributed by atoms with van der Waals surface area (Å²) in [5.41, 5.74) is 1.91. The van der Waals surface area contributed by atoms with Crippen LogP contribution in [0, 0.1) is 0 Å². The Bertz CT molecular complexity index is 455. The second kappa shape index (κ2) is 5.75. The third-order valence-corrected chi connectivity index (χ3v) is 4.21. The van der Waals surface area contributed by atoms with Crippen molar-refractivity contribution in [1.29, 1.82) is 0 Å². The van der Waals surface area contributed by atoms with Gasteiger partial charge in [0, 0.05) is 0 Å². The van der Waals surface area contributed by atoms with E-state index in [1.807, 2.05) is 38.0 Å². The van der Waals surface area contributed by atoms with E-state index in [-0.39, 0.29) is 11.6 Å². The zero-order valence-electron chi connectivity index (χ0n) is 10.7. The molecular formula is C15H17O2Pt. The van der Waals surface area contributed by atoms with Crippen LogP contribution in [-0.2, 0) is 29.4 Å². The Morgan fingerprint density at radius 2 is 1.78 bits per heavy atom. The van der Waals surface area contributed by atoms with Crippen molar-refractivity contribution in [3.05, 3.63) is 48.1 Å². The summed E-state index contributed by atoms with van der Waals surface area (Å²) in [4.78, 5) is 24.6. The van der Waals surface area contributed by atoms with Crippen LogP contribution in [-0.4, -0.2) is 11.6 Å². The van der Waals surface area contributed by atoms with Crippen molar-refractivity contribution in [2.24, 2.45) is 0 Å². The second-order valence-corrected chi connectivity index (χ2v) is 6.54. The first kappa shape index (κ1) is 15.0. The van der Waals surface area contributed by atoms with Crippen molar-refractivity contribution < 1.29 is 29.4 Å². The van der Waals surface area contributed by atoms with E-state index in [0.29, 0.717) is 17.6 Å². The van der Waals surface area contributed by atoms with Crippen LogP contribution >= 0.6 is 0 Å². The number of hydrogen-bond donors (Lipinski definition) is 0. The van der Waals surface area contributed by atoms with Crippen LogP contribution in [0.2, 0.25) is 3.80 Å². The standard InChI is InChI=1S/C15H17O2.Pt/c1-10(2)14(16)13(15(17)11(3)4)9-12-7-5-6-8-12;/h5-7H,1,3,8-9H2,2,4H3;. The number of carbonyl (C=O) groups excluding carboxylic acids is 2. The summed E-state index contributed by atoms with van der Waals surface area (Å²) in [5.74, 6) is -0.407. The summed E-state index contributed by atoms with van der Waals surface area (Å²) in [5, 5.41) is 0. The molecule has 18 heavy (non-hydrogen) atoms. The predicted molar refractivity (Wildman–Crippen MR) is 68.8 cm³/mol. The van der Waals surface area contributed by atoms with Crippen molar-refractivity contribution in [2.45, 2.75) is 30.5 Å². The molecule has 0 aromatic heterocycles. The normalized spacial score (nSPS) is 14.3. The van der Waals surface area contributed by atoms with Crippen LogP contribution in [0.3, 0.4) is 0 Å². The molecule has 0 spiro atoms. The van der Waals surface area contributed by atoms with Gasteiger partial charge in [-0.25, -0.2) is 0 Å². The molecule has 99 valence electrons.